The number of carbonyl (C=O) groups is 1. The zero-order valence-electron chi connectivity index (χ0n) is 9.92. The van der Waals surface area contributed by atoms with E-state index in [-0.39, 0.29) is 5.91 Å². The number of anilines is 1. The predicted molar refractivity (Wildman–Crippen MR) is 67.0 cm³/mol. The van der Waals surface area contributed by atoms with E-state index in [4.69, 9.17) is 0 Å². The number of carbonyl (C=O) groups excluding carboxylic acids is 1. The third kappa shape index (κ3) is 3.00. The average Bonchev–Trinajstić information content (AvgIpc) is 2.46. The van der Waals surface area contributed by atoms with Crippen molar-refractivity contribution in [2.75, 3.05) is 12.4 Å². The van der Waals surface area contributed by atoms with Gasteiger partial charge in [-0.05, 0) is 23.8 Å². The summed E-state index contributed by atoms with van der Waals surface area (Å²) in [6, 6.07) is 7.18. The van der Waals surface area contributed by atoms with Crippen LogP contribution in [-0.4, -0.2) is 28.1 Å². The standard InChI is InChI=1S/C12H13N5O/c1-13-12(18)10-4-5-11(17-16-10)15-8-9-3-2-6-14-7-9/h2-7H,8H2,1H3,(H,13,18)(H,15,17). The molecule has 0 unspecified atom stereocenters. The van der Waals surface area contributed by atoms with Gasteiger partial charge in [0.1, 0.15) is 5.82 Å². The second kappa shape index (κ2) is 5.72. The maximum atomic E-state index is 11.3. The molecule has 6 heteroatoms. The van der Waals surface area contributed by atoms with E-state index in [0.29, 0.717) is 18.1 Å². The second-order valence-electron chi connectivity index (χ2n) is 3.60. The van der Waals surface area contributed by atoms with Crippen LogP contribution in [0.3, 0.4) is 0 Å². The first-order valence-electron chi connectivity index (χ1n) is 5.48. The van der Waals surface area contributed by atoms with E-state index in [1.165, 1.54) is 0 Å². The lowest BCUT2D eigenvalue weighted by atomic mass is 10.3. The molecule has 0 bridgehead atoms. The summed E-state index contributed by atoms with van der Waals surface area (Å²) >= 11 is 0. The van der Waals surface area contributed by atoms with Gasteiger partial charge in [-0.3, -0.25) is 9.78 Å². The Bertz CT molecular complexity index is 512. The average molecular weight is 243 g/mol. The van der Waals surface area contributed by atoms with E-state index < -0.39 is 0 Å². The smallest absolute Gasteiger partial charge is 0.271 e. The molecule has 6 nitrogen and oxygen atoms in total. The van der Waals surface area contributed by atoms with Gasteiger partial charge >= 0.3 is 0 Å². The van der Waals surface area contributed by atoms with Crippen molar-refractivity contribution in [3.05, 3.63) is 47.9 Å². The highest BCUT2D eigenvalue weighted by Gasteiger charge is 2.05. The number of nitrogens with one attached hydrogen (secondary N) is 2. The molecule has 0 aliphatic carbocycles. The molecule has 2 heterocycles. The molecule has 0 aromatic carbocycles. The SMILES string of the molecule is CNC(=O)c1ccc(NCc2cccnc2)nn1. The normalized spacial score (nSPS) is 9.83. The molecule has 0 spiro atoms. The van der Waals surface area contributed by atoms with Crippen LogP contribution in [0.25, 0.3) is 0 Å². The summed E-state index contributed by atoms with van der Waals surface area (Å²) in [4.78, 5) is 15.3. The van der Waals surface area contributed by atoms with Gasteiger partial charge in [0.25, 0.3) is 5.91 Å². The minimum absolute atomic E-state index is 0.249. The quantitative estimate of drug-likeness (QED) is 0.832. The van der Waals surface area contributed by atoms with Crippen LogP contribution in [0.4, 0.5) is 5.82 Å². The molecule has 0 aliphatic rings. The summed E-state index contributed by atoms with van der Waals surface area (Å²) < 4.78 is 0. The fraction of sp³-hybridized carbons (Fsp3) is 0.167. The highest BCUT2D eigenvalue weighted by Crippen LogP contribution is 2.04. The van der Waals surface area contributed by atoms with Crippen molar-refractivity contribution in [3.63, 3.8) is 0 Å². The molecule has 92 valence electrons. The van der Waals surface area contributed by atoms with E-state index in [0.717, 1.165) is 5.56 Å². The molecular formula is C12H13N5O. The van der Waals surface area contributed by atoms with Gasteiger partial charge in [0.15, 0.2) is 5.69 Å². The van der Waals surface area contributed by atoms with Crippen LogP contribution >= 0.6 is 0 Å². The van der Waals surface area contributed by atoms with Crippen molar-refractivity contribution >= 4 is 11.7 Å². The van der Waals surface area contributed by atoms with Crippen LogP contribution in [0.15, 0.2) is 36.7 Å². The van der Waals surface area contributed by atoms with Gasteiger partial charge in [0.2, 0.25) is 0 Å². The van der Waals surface area contributed by atoms with Crippen LogP contribution in [0, 0.1) is 0 Å². The van der Waals surface area contributed by atoms with Gasteiger partial charge in [-0.1, -0.05) is 6.07 Å². The molecule has 0 saturated carbocycles. The van der Waals surface area contributed by atoms with E-state index in [9.17, 15) is 4.79 Å². The van der Waals surface area contributed by atoms with Crippen molar-refractivity contribution < 1.29 is 4.79 Å². The molecule has 0 aliphatic heterocycles. The van der Waals surface area contributed by atoms with Crippen molar-refractivity contribution in [1.82, 2.24) is 20.5 Å². The van der Waals surface area contributed by atoms with Crippen LogP contribution in [0.5, 0.6) is 0 Å². The molecule has 0 atom stereocenters. The number of hydrogen-bond donors (Lipinski definition) is 2. The Morgan fingerprint density at radius 1 is 1.28 bits per heavy atom. The van der Waals surface area contributed by atoms with Gasteiger partial charge in [-0.2, -0.15) is 0 Å². The summed E-state index contributed by atoms with van der Waals surface area (Å²) in [5.41, 5.74) is 1.35. The topological polar surface area (TPSA) is 79.8 Å². The number of amides is 1. The Morgan fingerprint density at radius 2 is 2.17 bits per heavy atom. The highest BCUT2D eigenvalue weighted by atomic mass is 16.1. The Labute approximate surface area is 104 Å². The van der Waals surface area contributed by atoms with Gasteiger partial charge in [-0.25, -0.2) is 0 Å². The van der Waals surface area contributed by atoms with Crippen LogP contribution < -0.4 is 10.6 Å². The minimum atomic E-state index is -0.249. The molecule has 0 saturated heterocycles. The molecule has 0 radical (unpaired) electrons. The summed E-state index contributed by atoms with van der Waals surface area (Å²) in [6.45, 7) is 0.613. The van der Waals surface area contributed by atoms with Crippen molar-refractivity contribution in [3.8, 4) is 0 Å². The molecule has 0 fully saturated rings. The van der Waals surface area contributed by atoms with E-state index in [1.807, 2.05) is 12.1 Å². The predicted octanol–water partition coefficient (Wildman–Crippen LogP) is 0.843. The molecular weight excluding hydrogens is 230 g/mol. The first-order chi connectivity index (χ1) is 8.79. The van der Waals surface area contributed by atoms with Crippen LogP contribution in [-0.2, 0) is 6.54 Å². The first kappa shape index (κ1) is 12.0. The summed E-state index contributed by atoms with van der Waals surface area (Å²) in [5.74, 6) is 0.368. The molecule has 2 N–H and O–H groups in total. The maximum absolute atomic E-state index is 11.3. The zero-order valence-corrected chi connectivity index (χ0v) is 9.92. The highest BCUT2D eigenvalue weighted by molar-refractivity contribution is 5.91. The lowest BCUT2D eigenvalue weighted by Gasteiger charge is -2.05. The number of hydrogen-bond acceptors (Lipinski definition) is 5. The molecule has 1 amide bonds. The zero-order chi connectivity index (χ0) is 12.8. The van der Waals surface area contributed by atoms with Gasteiger partial charge in [0, 0.05) is 26.0 Å². The summed E-state index contributed by atoms with van der Waals surface area (Å²) in [7, 11) is 1.55. The first-order valence-corrected chi connectivity index (χ1v) is 5.48. The van der Waals surface area contributed by atoms with Gasteiger partial charge in [0.05, 0.1) is 0 Å². The van der Waals surface area contributed by atoms with E-state index in [2.05, 4.69) is 25.8 Å². The van der Waals surface area contributed by atoms with Crippen LogP contribution in [0.2, 0.25) is 0 Å². The minimum Gasteiger partial charge on any atom is -0.364 e. The van der Waals surface area contributed by atoms with E-state index >= 15 is 0 Å². The monoisotopic (exact) mass is 243 g/mol. The molecule has 2 rings (SSSR count). The van der Waals surface area contributed by atoms with E-state index in [1.54, 1.807) is 31.6 Å². The Hall–Kier alpha value is -2.50. The molecule has 2 aromatic rings. The Kier molecular flexibility index (Phi) is 3.80. The third-order valence-electron chi connectivity index (χ3n) is 2.32. The van der Waals surface area contributed by atoms with Crippen molar-refractivity contribution in [1.29, 1.82) is 0 Å². The number of aromatic nitrogens is 3. The summed E-state index contributed by atoms with van der Waals surface area (Å²) in [5, 5.41) is 13.3. The largest absolute Gasteiger partial charge is 0.364 e. The summed E-state index contributed by atoms with van der Waals surface area (Å²) in [6.07, 6.45) is 3.50. The lowest BCUT2D eigenvalue weighted by Crippen LogP contribution is -2.19. The number of pyridine rings is 1. The fourth-order valence-electron chi connectivity index (χ4n) is 1.37. The maximum Gasteiger partial charge on any atom is 0.271 e. The van der Waals surface area contributed by atoms with Gasteiger partial charge in [-0.15, -0.1) is 10.2 Å². The Balaban J connectivity index is 1.97. The fourth-order valence-corrected chi connectivity index (χ4v) is 1.37. The van der Waals surface area contributed by atoms with Gasteiger partial charge < -0.3 is 10.6 Å². The van der Waals surface area contributed by atoms with Crippen LogP contribution in [0.1, 0.15) is 16.1 Å². The van der Waals surface area contributed by atoms with Crippen molar-refractivity contribution in [2.45, 2.75) is 6.54 Å². The third-order valence-corrected chi connectivity index (χ3v) is 2.32. The molecule has 2 aromatic heterocycles. The Morgan fingerprint density at radius 3 is 2.78 bits per heavy atom. The number of nitrogens with zero attached hydrogens (tertiary/aromatic N) is 3. The number of rotatable bonds is 4. The molecule has 18 heavy (non-hydrogen) atoms. The lowest BCUT2D eigenvalue weighted by molar-refractivity contribution is 0.0957. The van der Waals surface area contributed by atoms with Crippen molar-refractivity contribution in [2.24, 2.45) is 0 Å². The second-order valence-corrected chi connectivity index (χ2v) is 3.60.